The van der Waals surface area contributed by atoms with Gasteiger partial charge in [-0.3, -0.25) is 4.98 Å². The van der Waals surface area contributed by atoms with Crippen molar-refractivity contribution in [1.82, 2.24) is 14.5 Å². The summed E-state index contributed by atoms with van der Waals surface area (Å²) < 4.78 is 8.09. The van der Waals surface area contributed by atoms with E-state index >= 15 is 0 Å². The van der Waals surface area contributed by atoms with E-state index in [1.807, 2.05) is 77.4 Å². The standard InChI is InChI=1S/C24H19N3O2/c28-20(19-10-6-12-25-14-19)15-27-16-26-23(17-7-2-1-3-8-17)24(27)22-13-18-9-4-5-11-21(18)29-22/h1-14,16,20,28H,15H2. The molecule has 29 heavy (non-hydrogen) atoms. The van der Waals surface area contributed by atoms with E-state index in [0.717, 1.165) is 39.2 Å². The van der Waals surface area contributed by atoms with E-state index in [4.69, 9.17) is 4.42 Å². The van der Waals surface area contributed by atoms with Crippen molar-refractivity contribution in [3.8, 4) is 22.7 Å². The van der Waals surface area contributed by atoms with Crippen molar-refractivity contribution in [3.63, 3.8) is 0 Å². The van der Waals surface area contributed by atoms with Crippen LogP contribution in [0.4, 0.5) is 0 Å². The van der Waals surface area contributed by atoms with Crippen molar-refractivity contribution in [1.29, 1.82) is 0 Å². The molecule has 5 aromatic rings. The van der Waals surface area contributed by atoms with Crippen LogP contribution in [0.3, 0.4) is 0 Å². The van der Waals surface area contributed by atoms with Gasteiger partial charge in [0.2, 0.25) is 0 Å². The molecule has 0 fully saturated rings. The summed E-state index contributed by atoms with van der Waals surface area (Å²) in [6, 6.07) is 23.6. The molecule has 0 radical (unpaired) electrons. The lowest BCUT2D eigenvalue weighted by Crippen LogP contribution is -2.09. The van der Waals surface area contributed by atoms with Crippen molar-refractivity contribution in [3.05, 3.63) is 97.1 Å². The predicted octanol–water partition coefficient (Wildman–Crippen LogP) is 5.09. The van der Waals surface area contributed by atoms with E-state index in [2.05, 4.69) is 9.97 Å². The largest absolute Gasteiger partial charge is 0.454 e. The average molecular weight is 381 g/mol. The molecule has 1 unspecified atom stereocenters. The van der Waals surface area contributed by atoms with Crippen LogP contribution in [-0.2, 0) is 6.54 Å². The third-order valence-electron chi connectivity index (χ3n) is 4.98. The van der Waals surface area contributed by atoms with Gasteiger partial charge in [0, 0.05) is 28.9 Å². The Balaban J connectivity index is 1.62. The van der Waals surface area contributed by atoms with E-state index in [-0.39, 0.29) is 0 Å². The first-order valence-corrected chi connectivity index (χ1v) is 9.47. The second-order valence-electron chi connectivity index (χ2n) is 6.91. The Labute approximate surface area is 167 Å². The number of aromatic nitrogens is 3. The van der Waals surface area contributed by atoms with E-state index in [0.29, 0.717) is 6.54 Å². The SMILES string of the molecule is OC(Cn1cnc(-c2ccccc2)c1-c1cc2ccccc2o1)c1cccnc1. The predicted molar refractivity (Wildman–Crippen MR) is 112 cm³/mol. The number of furan rings is 1. The average Bonchev–Trinajstić information content (AvgIpc) is 3.38. The number of para-hydroxylation sites is 1. The molecule has 2 aromatic carbocycles. The highest BCUT2D eigenvalue weighted by Crippen LogP contribution is 2.35. The lowest BCUT2D eigenvalue weighted by atomic mass is 10.1. The Morgan fingerprint density at radius 3 is 2.59 bits per heavy atom. The zero-order chi connectivity index (χ0) is 19.6. The number of nitrogens with zero attached hydrogens (tertiary/aromatic N) is 3. The lowest BCUT2D eigenvalue weighted by Gasteiger charge is -2.14. The summed E-state index contributed by atoms with van der Waals surface area (Å²) in [5.41, 5.74) is 4.25. The summed E-state index contributed by atoms with van der Waals surface area (Å²) in [5, 5.41) is 11.8. The summed E-state index contributed by atoms with van der Waals surface area (Å²) in [5.74, 6) is 0.723. The molecule has 0 amide bonds. The summed E-state index contributed by atoms with van der Waals surface area (Å²) in [7, 11) is 0. The highest BCUT2D eigenvalue weighted by Gasteiger charge is 2.20. The van der Waals surface area contributed by atoms with Gasteiger partial charge in [-0.15, -0.1) is 0 Å². The summed E-state index contributed by atoms with van der Waals surface area (Å²) in [6.45, 7) is 0.345. The van der Waals surface area contributed by atoms with Gasteiger partial charge in [-0.25, -0.2) is 4.98 Å². The molecule has 0 aliphatic rings. The molecule has 3 heterocycles. The highest BCUT2D eigenvalue weighted by atomic mass is 16.3. The monoisotopic (exact) mass is 381 g/mol. The van der Waals surface area contributed by atoms with Crippen LogP contribution < -0.4 is 0 Å². The van der Waals surface area contributed by atoms with Crippen molar-refractivity contribution in [2.75, 3.05) is 0 Å². The van der Waals surface area contributed by atoms with Crippen LogP contribution in [0.5, 0.6) is 0 Å². The van der Waals surface area contributed by atoms with Gasteiger partial charge in [0.15, 0.2) is 5.76 Å². The third kappa shape index (κ3) is 3.32. The van der Waals surface area contributed by atoms with E-state index in [9.17, 15) is 5.11 Å². The molecule has 5 heteroatoms. The Kier molecular flexibility index (Phi) is 4.42. The Morgan fingerprint density at radius 2 is 1.79 bits per heavy atom. The lowest BCUT2D eigenvalue weighted by molar-refractivity contribution is 0.156. The van der Waals surface area contributed by atoms with Crippen LogP contribution in [0.1, 0.15) is 11.7 Å². The van der Waals surface area contributed by atoms with Crippen molar-refractivity contribution >= 4 is 11.0 Å². The number of rotatable bonds is 5. The number of hydrogen-bond acceptors (Lipinski definition) is 4. The van der Waals surface area contributed by atoms with Crippen LogP contribution in [0.25, 0.3) is 33.7 Å². The first-order chi connectivity index (χ1) is 14.3. The smallest absolute Gasteiger partial charge is 0.154 e. The number of pyridine rings is 1. The Bertz CT molecular complexity index is 1210. The van der Waals surface area contributed by atoms with Gasteiger partial charge >= 0.3 is 0 Å². The molecule has 0 saturated heterocycles. The fourth-order valence-electron chi connectivity index (χ4n) is 3.55. The number of imidazole rings is 1. The van der Waals surface area contributed by atoms with Crippen LogP contribution in [0, 0.1) is 0 Å². The van der Waals surface area contributed by atoms with Gasteiger partial charge in [-0.1, -0.05) is 54.6 Å². The fraction of sp³-hybridized carbons (Fsp3) is 0.0833. The van der Waals surface area contributed by atoms with Gasteiger partial charge in [0.1, 0.15) is 11.3 Å². The second-order valence-corrected chi connectivity index (χ2v) is 6.91. The molecule has 0 aliphatic heterocycles. The van der Waals surface area contributed by atoms with Crippen LogP contribution in [0.2, 0.25) is 0 Å². The molecule has 0 spiro atoms. The zero-order valence-corrected chi connectivity index (χ0v) is 15.6. The van der Waals surface area contributed by atoms with E-state index in [1.165, 1.54) is 0 Å². The first-order valence-electron chi connectivity index (χ1n) is 9.47. The van der Waals surface area contributed by atoms with Crippen molar-refractivity contribution < 1.29 is 9.52 Å². The number of aliphatic hydroxyl groups is 1. The van der Waals surface area contributed by atoms with Crippen molar-refractivity contribution in [2.45, 2.75) is 12.6 Å². The maximum Gasteiger partial charge on any atom is 0.154 e. The summed E-state index contributed by atoms with van der Waals surface area (Å²) >= 11 is 0. The minimum absolute atomic E-state index is 0.345. The normalized spacial score (nSPS) is 12.3. The topological polar surface area (TPSA) is 64.1 Å². The maximum atomic E-state index is 10.7. The van der Waals surface area contributed by atoms with Crippen LogP contribution in [0.15, 0.2) is 95.9 Å². The Hall–Kier alpha value is -3.70. The molecule has 5 nitrogen and oxygen atoms in total. The number of hydrogen-bond donors (Lipinski definition) is 1. The minimum Gasteiger partial charge on any atom is -0.454 e. The van der Waals surface area contributed by atoms with E-state index in [1.54, 1.807) is 18.7 Å². The number of fused-ring (bicyclic) bond motifs is 1. The zero-order valence-electron chi connectivity index (χ0n) is 15.6. The van der Waals surface area contributed by atoms with Gasteiger partial charge < -0.3 is 14.1 Å². The molecule has 0 aliphatic carbocycles. The first kappa shape index (κ1) is 17.4. The quantitative estimate of drug-likeness (QED) is 0.460. The van der Waals surface area contributed by atoms with Crippen LogP contribution in [-0.4, -0.2) is 19.6 Å². The molecule has 0 bridgehead atoms. The molecule has 142 valence electrons. The maximum absolute atomic E-state index is 10.7. The van der Waals surface area contributed by atoms with Gasteiger partial charge in [0.05, 0.1) is 24.7 Å². The van der Waals surface area contributed by atoms with Gasteiger partial charge in [-0.2, -0.15) is 0 Å². The summed E-state index contributed by atoms with van der Waals surface area (Å²) in [4.78, 5) is 8.76. The third-order valence-corrected chi connectivity index (χ3v) is 4.98. The second kappa shape index (κ2) is 7.37. The molecule has 1 N–H and O–H groups in total. The van der Waals surface area contributed by atoms with Gasteiger partial charge in [0.25, 0.3) is 0 Å². The van der Waals surface area contributed by atoms with Crippen molar-refractivity contribution in [2.24, 2.45) is 0 Å². The molecular weight excluding hydrogens is 362 g/mol. The highest BCUT2D eigenvalue weighted by molar-refractivity contribution is 5.85. The molecule has 5 rings (SSSR count). The fourth-order valence-corrected chi connectivity index (χ4v) is 3.55. The molecular formula is C24H19N3O2. The molecule has 1 atom stereocenters. The molecule has 0 saturated carbocycles. The number of aliphatic hydroxyl groups excluding tert-OH is 1. The van der Waals surface area contributed by atoms with E-state index < -0.39 is 6.10 Å². The minimum atomic E-state index is -0.704. The number of benzene rings is 2. The molecule has 3 aromatic heterocycles. The Morgan fingerprint density at radius 1 is 0.966 bits per heavy atom. The van der Waals surface area contributed by atoms with Crippen LogP contribution >= 0.6 is 0 Å². The van der Waals surface area contributed by atoms with Gasteiger partial charge in [-0.05, 0) is 18.2 Å². The summed E-state index contributed by atoms with van der Waals surface area (Å²) in [6.07, 6.45) is 4.43.